The summed E-state index contributed by atoms with van der Waals surface area (Å²) in [5.41, 5.74) is 6.79. The fraction of sp³-hybridized carbons (Fsp3) is 0.368. The number of aromatic nitrogens is 2. The number of hydrogen-bond acceptors (Lipinski definition) is 4. The van der Waals surface area contributed by atoms with E-state index in [2.05, 4.69) is 10.4 Å². The van der Waals surface area contributed by atoms with Crippen molar-refractivity contribution in [1.82, 2.24) is 14.9 Å². The Morgan fingerprint density at radius 1 is 1.34 bits per heavy atom. The zero-order valence-corrected chi connectivity index (χ0v) is 16.2. The van der Waals surface area contributed by atoms with Gasteiger partial charge in [0.15, 0.2) is 5.82 Å². The molecule has 1 amide bonds. The van der Waals surface area contributed by atoms with E-state index in [9.17, 15) is 22.4 Å². The number of halogens is 4. The van der Waals surface area contributed by atoms with Crippen molar-refractivity contribution in [1.29, 1.82) is 0 Å². The fourth-order valence-electron chi connectivity index (χ4n) is 3.73. The van der Waals surface area contributed by atoms with Gasteiger partial charge in [-0.2, -0.15) is 5.10 Å². The number of amides is 1. The number of pyridine rings is 1. The van der Waals surface area contributed by atoms with Crippen LogP contribution in [0.3, 0.4) is 0 Å². The number of nitrogens with two attached hydrogens (primary N) is 1. The number of nitrogens with zero attached hydrogens (tertiary/aromatic N) is 2. The van der Waals surface area contributed by atoms with Crippen molar-refractivity contribution in [3.05, 3.63) is 45.9 Å². The average molecular weight is 426 g/mol. The molecule has 1 aliphatic rings. The zero-order chi connectivity index (χ0) is 20.9. The van der Waals surface area contributed by atoms with E-state index in [4.69, 9.17) is 5.73 Å². The summed E-state index contributed by atoms with van der Waals surface area (Å²) in [6.07, 6.45) is 2.82. The zero-order valence-electron chi connectivity index (χ0n) is 15.4. The van der Waals surface area contributed by atoms with Crippen LogP contribution in [0.15, 0.2) is 24.5 Å². The van der Waals surface area contributed by atoms with E-state index in [0.717, 1.165) is 28.1 Å². The maximum atomic E-state index is 14.3. The maximum Gasteiger partial charge on any atom is 0.269 e. The standard InChI is InChI=1S/C19H18F4N4OS/c1-9-11(12-7-25-27-8-10(20)5-13(21)16(12)27)6-15(29-9)18(28)26-17-14(24)3-2-4-19(17,22)23/h5-8,14,17H,2-4,24H2,1H3,(H,26,28). The van der Waals surface area contributed by atoms with E-state index in [1.165, 1.54) is 12.3 Å². The van der Waals surface area contributed by atoms with Gasteiger partial charge in [-0.25, -0.2) is 22.1 Å². The van der Waals surface area contributed by atoms with Gasteiger partial charge in [-0.05, 0) is 31.4 Å². The number of rotatable bonds is 3. The van der Waals surface area contributed by atoms with Gasteiger partial charge in [0, 0.05) is 29.0 Å². The number of alkyl halides is 2. The highest BCUT2D eigenvalue weighted by Gasteiger charge is 2.46. The van der Waals surface area contributed by atoms with Crippen molar-refractivity contribution >= 4 is 22.8 Å². The number of nitrogens with one attached hydrogen (secondary N) is 1. The Morgan fingerprint density at radius 2 is 2.10 bits per heavy atom. The molecule has 10 heteroatoms. The largest absolute Gasteiger partial charge is 0.341 e. The van der Waals surface area contributed by atoms with Crippen molar-refractivity contribution in [2.75, 3.05) is 0 Å². The second-order valence-corrected chi connectivity index (χ2v) is 8.46. The van der Waals surface area contributed by atoms with E-state index < -0.39 is 35.5 Å². The van der Waals surface area contributed by atoms with Crippen molar-refractivity contribution in [2.45, 2.75) is 44.2 Å². The Labute approximate surface area is 167 Å². The Hall–Kier alpha value is -2.46. The topological polar surface area (TPSA) is 72.4 Å². The molecule has 0 radical (unpaired) electrons. The summed E-state index contributed by atoms with van der Waals surface area (Å²) >= 11 is 1.10. The van der Waals surface area contributed by atoms with Crippen LogP contribution < -0.4 is 11.1 Å². The third kappa shape index (κ3) is 3.51. The summed E-state index contributed by atoms with van der Waals surface area (Å²) < 4.78 is 57.1. The van der Waals surface area contributed by atoms with Crippen LogP contribution in [0.2, 0.25) is 0 Å². The summed E-state index contributed by atoms with van der Waals surface area (Å²) in [6, 6.07) is -0.0110. The number of aryl methyl sites for hydroxylation is 1. The molecule has 2 unspecified atom stereocenters. The number of carbonyl (C=O) groups excluding carboxylic acids is 1. The van der Waals surface area contributed by atoms with Crippen LogP contribution in [0.25, 0.3) is 16.6 Å². The Kier molecular flexibility index (Phi) is 4.86. The van der Waals surface area contributed by atoms with Gasteiger partial charge < -0.3 is 11.1 Å². The molecule has 3 aromatic rings. The predicted octanol–water partition coefficient (Wildman–Crippen LogP) is 3.89. The first-order valence-electron chi connectivity index (χ1n) is 9.05. The van der Waals surface area contributed by atoms with Gasteiger partial charge in [0.2, 0.25) is 0 Å². The van der Waals surface area contributed by atoms with Crippen LogP contribution >= 0.6 is 11.3 Å². The predicted molar refractivity (Wildman–Crippen MR) is 101 cm³/mol. The van der Waals surface area contributed by atoms with Gasteiger partial charge >= 0.3 is 0 Å². The number of fused-ring (bicyclic) bond motifs is 1. The first kappa shape index (κ1) is 19.8. The second-order valence-electron chi connectivity index (χ2n) is 7.21. The summed E-state index contributed by atoms with van der Waals surface area (Å²) in [4.78, 5) is 13.5. The highest BCUT2D eigenvalue weighted by molar-refractivity contribution is 7.14. The monoisotopic (exact) mass is 426 g/mol. The minimum absolute atomic E-state index is 0.0695. The van der Waals surface area contributed by atoms with Gasteiger partial charge in [0.25, 0.3) is 11.8 Å². The minimum atomic E-state index is -3.07. The first-order valence-corrected chi connectivity index (χ1v) is 9.86. The van der Waals surface area contributed by atoms with E-state index in [0.29, 0.717) is 28.8 Å². The van der Waals surface area contributed by atoms with Crippen LogP contribution in [0.1, 0.15) is 33.8 Å². The Balaban J connectivity index is 1.66. The van der Waals surface area contributed by atoms with Crippen molar-refractivity contribution in [2.24, 2.45) is 5.73 Å². The quantitative estimate of drug-likeness (QED) is 0.624. The highest BCUT2D eigenvalue weighted by atomic mass is 32.1. The molecule has 0 spiro atoms. The van der Waals surface area contributed by atoms with Gasteiger partial charge in [-0.3, -0.25) is 4.79 Å². The summed E-state index contributed by atoms with van der Waals surface area (Å²) in [6.45, 7) is 1.72. The summed E-state index contributed by atoms with van der Waals surface area (Å²) in [5, 5.41) is 6.33. The van der Waals surface area contributed by atoms with Crippen LogP contribution in [0, 0.1) is 18.6 Å². The SMILES string of the molecule is Cc1sc(C(=O)NC2C(N)CCCC2(F)F)cc1-c1cnn2cc(F)cc(F)c12. The van der Waals surface area contributed by atoms with Gasteiger partial charge in [0.1, 0.15) is 17.4 Å². The molecule has 0 aliphatic heterocycles. The van der Waals surface area contributed by atoms with Gasteiger partial charge in [-0.15, -0.1) is 11.3 Å². The second kappa shape index (κ2) is 7.10. The lowest BCUT2D eigenvalue weighted by Gasteiger charge is -2.36. The lowest BCUT2D eigenvalue weighted by molar-refractivity contribution is -0.0674. The molecule has 1 fully saturated rings. The van der Waals surface area contributed by atoms with E-state index in [1.807, 2.05) is 0 Å². The third-order valence-electron chi connectivity index (χ3n) is 5.18. The molecule has 3 N–H and O–H groups in total. The first-order chi connectivity index (χ1) is 13.7. The highest BCUT2D eigenvalue weighted by Crippen LogP contribution is 2.36. The van der Waals surface area contributed by atoms with Crippen molar-refractivity contribution < 1.29 is 22.4 Å². The average Bonchev–Trinajstić information content (AvgIpc) is 3.21. The molecule has 0 aromatic carbocycles. The number of carbonyl (C=O) groups is 1. The molecular formula is C19H18F4N4OS. The summed E-state index contributed by atoms with van der Waals surface area (Å²) in [7, 11) is 0. The third-order valence-corrected chi connectivity index (χ3v) is 6.23. The molecule has 1 aliphatic carbocycles. The summed E-state index contributed by atoms with van der Waals surface area (Å²) in [5.74, 6) is -5.29. The van der Waals surface area contributed by atoms with E-state index in [-0.39, 0.29) is 16.8 Å². The molecule has 3 heterocycles. The maximum absolute atomic E-state index is 14.3. The molecule has 5 nitrogen and oxygen atoms in total. The normalized spacial score (nSPS) is 21.4. The van der Waals surface area contributed by atoms with Crippen LogP contribution in [-0.2, 0) is 0 Å². The van der Waals surface area contributed by atoms with Crippen molar-refractivity contribution in [3.63, 3.8) is 0 Å². The van der Waals surface area contributed by atoms with Gasteiger partial charge in [0.05, 0.1) is 17.3 Å². The molecular weight excluding hydrogens is 408 g/mol. The van der Waals surface area contributed by atoms with E-state index in [1.54, 1.807) is 6.92 Å². The van der Waals surface area contributed by atoms with Crippen LogP contribution in [0.5, 0.6) is 0 Å². The lowest BCUT2D eigenvalue weighted by Crippen LogP contribution is -2.59. The molecule has 4 rings (SSSR count). The smallest absolute Gasteiger partial charge is 0.269 e. The molecule has 2 atom stereocenters. The van der Waals surface area contributed by atoms with Gasteiger partial charge in [-0.1, -0.05) is 0 Å². The molecule has 29 heavy (non-hydrogen) atoms. The number of hydrogen-bond donors (Lipinski definition) is 2. The lowest BCUT2D eigenvalue weighted by atomic mass is 9.87. The Morgan fingerprint density at radius 3 is 2.83 bits per heavy atom. The molecule has 1 saturated carbocycles. The van der Waals surface area contributed by atoms with Crippen LogP contribution in [-0.4, -0.2) is 33.5 Å². The molecule has 3 aromatic heterocycles. The van der Waals surface area contributed by atoms with E-state index >= 15 is 0 Å². The molecule has 0 bridgehead atoms. The number of thiophene rings is 1. The Bertz CT molecular complexity index is 1090. The molecule has 154 valence electrons. The minimum Gasteiger partial charge on any atom is -0.341 e. The van der Waals surface area contributed by atoms with Crippen LogP contribution in [0.4, 0.5) is 17.6 Å². The van der Waals surface area contributed by atoms with Crippen molar-refractivity contribution in [3.8, 4) is 11.1 Å². The fourth-order valence-corrected chi connectivity index (χ4v) is 4.67. The molecule has 0 saturated heterocycles.